The van der Waals surface area contributed by atoms with E-state index in [9.17, 15) is 5.11 Å². The number of aromatic nitrogens is 1. The van der Waals surface area contributed by atoms with E-state index in [0.717, 1.165) is 11.1 Å². The lowest BCUT2D eigenvalue weighted by molar-refractivity contribution is 0.178. The summed E-state index contributed by atoms with van der Waals surface area (Å²) >= 11 is 5.79. The number of aryl methyl sites for hydroxylation is 1. The first kappa shape index (κ1) is 12.1. The zero-order chi connectivity index (χ0) is 12.3. The predicted molar refractivity (Wildman–Crippen MR) is 69.1 cm³/mol. The molecule has 3 heteroatoms. The Kier molecular flexibility index (Phi) is 3.77. The van der Waals surface area contributed by atoms with Crippen LogP contribution in [0.5, 0.6) is 0 Å². The second-order valence-electron chi connectivity index (χ2n) is 4.12. The van der Waals surface area contributed by atoms with Crippen LogP contribution in [0.15, 0.2) is 42.6 Å². The molecular weight excluding hydrogens is 234 g/mol. The first-order valence-electron chi connectivity index (χ1n) is 5.50. The molecule has 1 unspecified atom stereocenters. The van der Waals surface area contributed by atoms with Crippen LogP contribution in [0.3, 0.4) is 0 Å². The summed E-state index contributed by atoms with van der Waals surface area (Å²) in [5.41, 5.74) is 3.11. The largest absolute Gasteiger partial charge is 0.388 e. The molecule has 1 N–H and O–H groups in total. The molecule has 0 radical (unpaired) electrons. The minimum atomic E-state index is -0.544. The maximum absolute atomic E-state index is 10.1. The van der Waals surface area contributed by atoms with E-state index in [4.69, 9.17) is 11.6 Å². The fraction of sp³-hybridized carbons (Fsp3) is 0.214. The Morgan fingerprint density at radius 3 is 2.82 bits per heavy atom. The van der Waals surface area contributed by atoms with Gasteiger partial charge in [0, 0.05) is 12.6 Å². The fourth-order valence-electron chi connectivity index (χ4n) is 1.80. The Hall–Kier alpha value is -1.38. The molecule has 0 saturated heterocycles. The van der Waals surface area contributed by atoms with Crippen molar-refractivity contribution in [2.45, 2.75) is 19.4 Å². The van der Waals surface area contributed by atoms with E-state index in [0.29, 0.717) is 11.6 Å². The molecule has 88 valence electrons. The van der Waals surface area contributed by atoms with E-state index in [-0.39, 0.29) is 0 Å². The van der Waals surface area contributed by atoms with Crippen LogP contribution in [0.25, 0.3) is 0 Å². The molecule has 0 aliphatic heterocycles. The van der Waals surface area contributed by atoms with Gasteiger partial charge in [0.2, 0.25) is 0 Å². The molecule has 0 aliphatic rings. The molecule has 2 aromatic rings. The van der Waals surface area contributed by atoms with Crippen LogP contribution >= 0.6 is 11.6 Å². The van der Waals surface area contributed by atoms with E-state index >= 15 is 0 Å². The normalized spacial score (nSPS) is 12.4. The number of rotatable bonds is 3. The van der Waals surface area contributed by atoms with Gasteiger partial charge >= 0.3 is 0 Å². The molecule has 0 bridgehead atoms. The van der Waals surface area contributed by atoms with Gasteiger partial charge in [-0.1, -0.05) is 41.4 Å². The lowest BCUT2D eigenvalue weighted by atomic mass is 10.0. The first-order chi connectivity index (χ1) is 8.15. The van der Waals surface area contributed by atoms with Crippen LogP contribution < -0.4 is 0 Å². The predicted octanol–water partition coefficient (Wildman–Crippen LogP) is 3.32. The SMILES string of the molecule is Cc1cccc(CC(O)c2ccnc(Cl)c2)c1. The second kappa shape index (κ2) is 5.30. The molecule has 0 fully saturated rings. The fourth-order valence-corrected chi connectivity index (χ4v) is 1.99. The molecule has 17 heavy (non-hydrogen) atoms. The van der Waals surface area contributed by atoms with Crippen molar-refractivity contribution in [2.24, 2.45) is 0 Å². The number of aliphatic hydroxyl groups is 1. The molecule has 0 saturated carbocycles. The van der Waals surface area contributed by atoms with E-state index in [1.165, 1.54) is 5.56 Å². The highest BCUT2D eigenvalue weighted by Gasteiger charge is 2.09. The summed E-state index contributed by atoms with van der Waals surface area (Å²) in [6, 6.07) is 11.6. The van der Waals surface area contributed by atoms with E-state index in [2.05, 4.69) is 11.1 Å². The highest BCUT2D eigenvalue weighted by atomic mass is 35.5. The van der Waals surface area contributed by atoms with Crippen LogP contribution in [0.4, 0.5) is 0 Å². The van der Waals surface area contributed by atoms with Crippen LogP contribution in [0.2, 0.25) is 5.15 Å². The molecule has 0 amide bonds. The van der Waals surface area contributed by atoms with Crippen molar-refractivity contribution in [2.75, 3.05) is 0 Å². The number of nitrogens with zero attached hydrogens (tertiary/aromatic N) is 1. The zero-order valence-corrected chi connectivity index (χ0v) is 10.4. The Labute approximate surface area is 106 Å². The summed E-state index contributed by atoms with van der Waals surface area (Å²) in [5, 5.41) is 10.5. The van der Waals surface area contributed by atoms with E-state index < -0.39 is 6.10 Å². The Bertz CT molecular complexity index is 513. The minimum absolute atomic E-state index is 0.408. The van der Waals surface area contributed by atoms with Crippen molar-refractivity contribution >= 4 is 11.6 Å². The second-order valence-corrected chi connectivity index (χ2v) is 4.51. The van der Waals surface area contributed by atoms with Crippen molar-refractivity contribution in [3.63, 3.8) is 0 Å². The lowest BCUT2D eigenvalue weighted by Gasteiger charge is -2.11. The van der Waals surface area contributed by atoms with Gasteiger partial charge in [0.1, 0.15) is 5.15 Å². The van der Waals surface area contributed by atoms with Gasteiger partial charge in [-0.3, -0.25) is 0 Å². The highest BCUT2D eigenvalue weighted by Crippen LogP contribution is 2.20. The maximum atomic E-state index is 10.1. The van der Waals surface area contributed by atoms with Crippen LogP contribution in [0, 0.1) is 6.92 Å². The third-order valence-electron chi connectivity index (χ3n) is 2.65. The van der Waals surface area contributed by atoms with E-state index in [1.807, 2.05) is 25.1 Å². The van der Waals surface area contributed by atoms with Gasteiger partial charge in [0.25, 0.3) is 0 Å². The van der Waals surface area contributed by atoms with Gasteiger partial charge < -0.3 is 5.11 Å². The molecule has 1 atom stereocenters. The third kappa shape index (κ3) is 3.29. The van der Waals surface area contributed by atoms with Crippen molar-refractivity contribution < 1.29 is 5.11 Å². The van der Waals surface area contributed by atoms with Crippen LogP contribution in [-0.2, 0) is 6.42 Å². The quantitative estimate of drug-likeness (QED) is 0.844. The van der Waals surface area contributed by atoms with Gasteiger partial charge in [-0.05, 0) is 30.2 Å². The molecule has 1 aromatic heterocycles. The molecule has 2 rings (SSSR count). The summed E-state index contributed by atoms with van der Waals surface area (Å²) in [5.74, 6) is 0. The Balaban J connectivity index is 2.14. The lowest BCUT2D eigenvalue weighted by Crippen LogP contribution is -2.02. The molecule has 1 heterocycles. The molecule has 2 nitrogen and oxygen atoms in total. The average molecular weight is 248 g/mol. The Morgan fingerprint density at radius 2 is 2.12 bits per heavy atom. The summed E-state index contributed by atoms with van der Waals surface area (Å²) < 4.78 is 0. The molecular formula is C14H14ClNO. The number of aliphatic hydroxyl groups excluding tert-OH is 1. The van der Waals surface area contributed by atoms with Gasteiger partial charge in [0.05, 0.1) is 6.10 Å². The summed E-state index contributed by atoms with van der Waals surface area (Å²) in [4.78, 5) is 3.90. The zero-order valence-electron chi connectivity index (χ0n) is 9.60. The number of hydrogen-bond acceptors (Lipinski definition) is 2. The van der Waals surface area contributed by atoms with Crippen molar-refractivity contribution in [1.82, 2.24) is 4.98 Å². The smallest absolute Gasteiger partial charge is 0.129 e. The molecule has 0 aliphatic carbocycles. The number of hydrogen-bond donors (Lipinski definition) is 1. The van der Waals surface area contributed by atoms with Crippen LogP contribution in [0.1, 0.15) is 22.8 Å². The monoisotopic (exact) mass is 247 g/mol. The van der Waals surface area contributed by atoms with E-state index in [1.54, 1.807) is 18.3 Å². The van der Waals surface area contributed by atoms with Crippen molar-refractivity contribution in [3.05, 3.63) is 64.4 Å². The maximum Gasteiger partial charge on any atom is 0.129 e. The number of pyridine rings is 1. The van der Waals surface area contributed by atoms with Crippen LogP contribution in [-0.4, -0.2) is 10.1 Å². The number of halogens is 1. The topological polar surface area (TPSA) is 33.1 Å². The summed E-state index contributed by atoms with van der Waals surface area (Å²) in [6.45, 7) is 2.04. The molecule has 1 aromatic carbocycles. The Morgan fingerprint density at radius 1 is 1.29 bits per heavy atom. The van der Waals surface area contributed by atoms with Gasteiger partial charge in [-0.15, -0.1) is 0 Å². The standard InChI is InChI=1S/C14H14ClNO/c1-10-3-2-4-11(7-10)8-13(17)12-5-6-16-14(15)9-12/h2-7,9,13,17H,8H2,1H3. The van der Waals surface area contributed by atoms with Crippen molar-refractivity contribution in [1.29, 1.82) is 0 Å². The minimum Gasteiger partial charge on any atom is -0.388 e. The van der Waals surface area contributed by atoms with Gasteiger partial charge in [-0.2, -0.15) is 0 Å². The van der Waals surface area contributed by atoms with Gasteiger partial charge in [-0.25, -0.2) is 4.98 Å². The third-order valence-corrected chi connectivity index (χ3v) is 2.85. The first-order valence-corrected chi connectivity index (χ1v) is 5.88. The van der Waals surface area contributed by atoms with Crippen molar-refractivity contribution in [3.8, 4) is 0 Å². The van der Waals surface area contributed by atoms with Gasteiger partial charge in [0.15, 0.2) is 0 Å². The average Bonchev–Trinajstić information content (AvgIpc) is 2.29. The highest BCUT2D eigenvalue weighted by molar-refractivity contribution is 6.29. The summed E-state index contributed by atoms with van der Waals surface area (Å²) in [6.07, 6.45) is 1.65. The summed E-state index contributed by atoms with van der Waals surface area (Å²) in [7, 11) is 0. The number of benzene rings is 1. The molecule has 0 spiro atoms.